The minimum absolute atomic E-state index is 0.847. The van der Waals surface area contributed by atoms with Crippen LogP contribution in [0.15, 0.2) is 6.20 Å². The maximum Gasteiger partial charge on any atom is 0.531 e. The molecular weight excluding hydrogens is 146 g/mol. The Kier molecular flexibility index (Phi) is 1.42. The van der Waals surface area contributed by atoms with Gasteiger partial charge in [-0.05, 0) is 0 Å². The van der Waals surface area contributed by atoms with Crippen LogP contribution in [0.4, 0.5) is 12.9 Å². The molecule has 7 heteroatoms. The van der Waals surface area contributed by atoms with E-state index in [1.807, 2.05) is 0 Å². The zero-order chi connectivity index (χ0) is 7.78. The number of aryl methyl sites for hydroxylation is 1. The molecule has 10 heavy (non-hydrogen) atoms. The molecule has 0 fully saturated rings. The summed E-state index contributed by atoms with van der Waals surface area (Å²) in [5, 5.41) is 6.05. The molecule has 0 unspecified atom stereocenters. The molecule has 0 saturated heterocycles. The highest BCUT2D eigenvalue weighted by Gasteiger charge is 2.28. The molecule has 0 saturated carbocycles. The van der Waals surface area contributed by atoms with Gasteiger partial charge in [-0.2, -0.15) is 5.10 Å². The Bertz CT molecular complexity index is 229. The topological polar surface area (TPSA) is 30.7 Å². The van der Waals surface area contributed by atoms with Gasteiger partial charge in [0.2, 0.25) is 0 Å². The molecule has 0 amide bonds. The molecule has 56 valence electrons. The van der Waals surface area contributed by atoms with E-state index in [2.05, 4.69) is 10.3 Å². The second-order valence-electron chi connectivity index (χ2n) is 1.89. The fraction of sp³-hybridized carbons (Fsp3) is 0.333. The van der Waals surface area contributed by atoms with E-state index in [0.717, 1.165) is 10.9 Å². The van der Waals surface area contributed by atoms with Gasteiger partial charge in [0.25, 0.3) is 0 Å². The van der Waals surface area contributed by atoms with Gasteiger partial charge in [0, 0.05) is 18.8 Å². The van der Waals surface area contributed by atoms with E-state index in [1.165, 1.54) is 7.05 Å². The Morgan fingerprint density at radius 1 is 1.50 bits per heavy atom. The molecule has 0 spiro atoms. The van der Waals surface area contributed by atoms with Gasteiger partial charge >= 0.3 is 6.98 Å². The average Bonchev–Trinajstić information content (AvgIpc) is 2.11. The van der Waals surface area contributed by atoms with Gasteiger partial charge < -0.3 is 12.9 Å². The maximum atomic E-state index is 11.7. The van der Waals surface area contributed by atoms with Crippen LogP contribution < -0.4 is 5.59 Å². The van der Waals surface area contributed by atoms with Crippen molar-refractivity contribution in [3.63, 3.8) is 0 Å². The lowest BCUT2D eigenvalue weighted by Gasteiger charge is -2.07. The predicted molar refractivity (Wildman–Crippen MR) is 29.7 cm³/mol. The van der Waals surface area contributed by atoms with Crippen molar-refractivity contribution in [1.29, 1.82) is 0 Å². The van der Waals surface area contributed by atoms with Crippen molar-refractivity contribution < 1.29 is 12.9 Å². The minimum atomic E-state index is -4.98. The van der Waals surface area contributed by atoms with Gasteiger partial charge in [-0.3, -0.25) is 4.68 Å². The summed E-state index contributed by atoms with van der Waals surface area (Å²) in [6, 6.07) is 0. The smallest absolute Gasteiger partial charge is 0.444 e. The molecule has 3 nitrogen and oxygen atoms in total. The lowest BCUT2D eigenvalue weighted by molar-refractivity contribution is 0.498. The largest absolute Gasteiger partial charge is 0.531 e. The normalized spacial score (nSPS) is 12.0. The lowest BCUT2D eigenvalue weighted by atomic mass is 9.87. The molecule has 0 bridgehead atoms. The van der Waals surface area contributed by atoms with E-state index in [-0.39, 0.29) is 0 Å². The van der Waals surface area contributed by atoms with E-state index >= 15 is 0 Å². The predicted octanol–water partition coefficient (Wildman–Crippen LogP) is -0.131. The average molecular weight is 150 g/mol. The highest BCUT2D eigenvalue weighted by Crippen LogP contribution is 2.05. The summed E-state index contributed by atoms with van der Waals surface area (Å²) >= 11 is 0. The second-order valence-corrected chi connectivity index (χ2v) is 1.89. The highest BCUT2D eigenvalue weighted by molar-refractivity contribution is 6.72. The van der Waals surface area contributed by atoms with Crippen LogP contribution in [0.25, 0.3) is 0 Å². The van der Waals surface area contributed by atoms with E-state index in [9.17, 15) is 12.9 Å². The first-order valence-corrected chi connectivity index (χ1v) is 2.56. The van der Waals surface area contributed by atoms with Crippen molar-refractivity contribution in [3.8, 4) is 0 Å². The third-order valence-corrected chi connectivity index (χ3v) is 0.956. The van der Waals surface area contributed by atoms with E-state index in [1.54, 1.807) is 0 Å². The second kappa shape index (κ2) is 2.00. The molecular formula is C3H4BF3N3-. The summed E-state index contributed by atoms with van der Waals surface area (Å²) in [5.41, 5.74) is -0.900. The first kappa shape index (κ1) is 7.11. The van der Waals surface area contributed by atoms with Gasteiger partial charge in [0.15, 0.2) is 0 Å². The molecule has 1 aromatic heterocycles. The van der Waals surface area contributed by atoms with Crippen molar-refractivity contribution in [2.45, 2.75) is 0 Å². The molecule has 0 atom stereocenters. The van der Waals surface area contributed by atoms with Gasteiger partial charge in [-0.25, -0.2) is 0 Å². The minimum Gasteiger partial charge on any atom is -0.444 e. The lowest BCUT2D eigenvalue weighted by Crippen LogP contribution is -2.35. The summed E-state index contributed by atoms with van der Waals surface area (Å²) in [6.45, 7) is -4.98. The Morgan fingerprint density at radius 2 is 2.10 bits per heavy atom. The van der Waals surface area contributed by atoms with Crippen LogP contribution in [-0.4, -0.2) is 22.0 Å². The van der Waals surface area contributed by atoms with Crippen LogP contribution in [0, 0.1) is 0 Å². The summed E-state index contributed by atoms with van der Waals surface area (Å²) in [6.07, 6.45) is 0.847. The van der Waals surface area contributed by atoms with Crippen molar-refractivity contribution in [3.05, 3.63) is 6.20 Å². The molecule has 0 aliphatic rings. The fourth-order valence-electron chi connectivity index (χ4n) is 0.515. The van der Waals surface area contributed by atoms with Crippen molar-refractivity contribution >= 4 is 12.6 Å². The number of hydrogen-bond acceptors (Lipinski definition) is 2. The number of halogens is 3. The Balaban J connectivity index is 2.96. The number of nitrogens with zero attached hydrogens (tertiary/aromatic N) is 3. The SMILES string of the molecule is Cn1cc([B-](F)(F)F)nn1. The molecule has 0 aliphatic heterocycles. The Labute approximate surface area is 54.9 Å². The van der Waals surface area contributed by atoms with Crippen LogP contribution in [0.2, 0.25) is 0 Å². The molecule has 1 aromatic rings. The number of aromatic nitrogens is 3. The third-order valence-electron chi connectivity index (χ3n) is 0.956. The first-order valence-electron chi connectivity index (χ1n) is 2.56. The van der Waals surface area contributed by atoms with Crippen LogP contribution in [-0.2, 0) is 7.05 Å². The summed E-state index contributed by atoms with van der Waals surface area (Å²) in [4.78, 5) is 0. The Hall–Kier alpha value is -1.01. The molecule has 0 aliphatic carbocycles. The highest BCUT2D eigenvalue weighted by atomic mass is 19.4. The summed E-state index contributed by atoms with van der Waals surface area (Å²) < 4.78 is 36.3. The summed E-state index contributed by atoms with van der Waals surface area (Å²) in [5.74, 6) is 0. The molecule has 0 aromatic carbocycles. The van der Waals surface area contributed by atoms with Gasteiger partial charge in [-0.15, -0.1) is 0 Å². The van der Waals surface area contributed by atoms with Crippen LogP contribution in [0.1, 0.15) is 0 Å². The van der Waals surface area contributed by atoms with Gasteiger partial charge in [0.1, 0.15) is 0 Å². The molecule has 0 radical (unpaired) electrons. The quantitative estimate of drug-likeness (QED) is 0.522. The fourth-order valence-corrected chi connectivity index (χ4v) is 0.515. The standard InChI is InChI=1S/C3H4BF3N3/c1-10-2-3(8-9-10)4(5,6)7/h2H,1H3/q-1. The van der Waals surface area contributed by atoms with E-state index < -0.39 is 12.6 Å². The van der Waals surface area contributed by atoms with Crippen molar-refractivity contribution in [1.82, 2.24) is 15.0 Å². The Morgan fingerprint density at radius 3 is 2.30 bits per heavy atom. The van der Waals surface area contributed by atoms with Crippen molar-refractivity contribution in [2.24, 2.45) is 7.05 Å². The summed E-state index contributed by atoms with van der Waals surface area (Å²) in [7, 11) is 1.39. The van der Waals surface area contributed by atoms with Crippen molar-refractivity contribution in [2.75, 3.05) is 0 Å². The van der Waals surface area contributed by atoms with Gasteiger partial charge in [-0.1, -0.05) is 5.21 Å². The number of hydrogen-bond donors (Lipinski definition) is 0. The van der Waals surface area contributed by atoms with E-state index in [4.69, 9.17) is 0 Å². The molecule has 0 N–H and O–H groups in total. The molecule has 1 heterocycles. The zero-order valence-electron chi connectivity index (χ0n) is 5.13. The van der Waals surface area contributed by atoms with Crippen LogP contribution in [0.3, 0.4) is 0 Å². The van der Waals surface area contributed by atoms with Gasteiger partial charge in [0.05, 0.1) is 0 Å². The number of rotatable bonds is 1. The van der Waals surface area contributed by atoms with E-state index in [0.29, 0.717) is 0 Å². The van der Waals surface area contributed by atoms with Crippen LogP contribution >= 0.6 is 0 Å². The first-order chi connectivity index (χ1) is 4.50. The monoisotopic (exact) mass is 150 g/mol. The maximum absolute atomic E-state index is 11.7. The van der Waals surface area contributed by atoms with Crippen LogP contribution in [0.5, 0.6) is 0 Å². The zero-order valence-corrected chi connectivity index (χ0v) is 5.13. The molecule has 1 rings (SSSR count). The third kappa shape index (κ3) is 1.28.